The molecular formula is C10H15N3O8. The number of nitrogens with two attached hydrogens (primary N) is 1. The summed E-state index contributed by atoms with van der Waals surface area (Å²) in [6.07, 6.45) is -2.35. The number of rotatable bonds is 5. The molecule has 0 spiro atoms. The van der Waals surface area contributed by atoms with Crippen LogP contribution in [0.1, 0.15) is 6.92 Å². The van der Waals surface area contributed by atoms with Gasteiger partial charge < -0.3 is 30.1 Å². The number of primary amides is 1. The second-order valence-electron chi connectivity index (χ2n) is 4.81. The van der Waals surface area contributed by atoms with E-state index in [0.717, 1.165) is 0 Å². The van der Waals surface area contributed by atoms with Gasteiger partial charge in [-0.2, -0.15) is 0 Å². The summed E-state index contributed by atoms with van der Waals surface area (Å²) in [5.74, 6) is -0.716. The molecule has 0 bridgehead atoms. The van der Waals surface area contributed by atoms with Gasteiger partial charge in [0.1, 0.15) is 18.2 Å². The number of nitrogens with one attached hydrogen (secondary N) is 1. The van der Waals surface area contributed by atoms with Crippen molar-refractivity contribution in [3.8, 4) is 0 Å². The first-order valence-corrected chi connectivity index (χ1v) is 6.12. The summed E-state index contributed by atoms with van der Waals surface area (Å²) in [6, 6.07) is -0.852. The first kappa shape index (κ1) is 15.3. The molecule has 2 heterocycles. The van der Waals surface area contributed by atoms with Crippen LogP contribution < -0.4 is 11.1 Å². The fourth-order valence-electron chi connectivity index (χ4n) is 2.41. The van der Waals surface area contributed by atoms with Crippen LogP contribution in [0.3, 0.4) is 0 Å². The summed E-state index contributed by atoms with van der Waals surface area (Å²) in [5, 5.41) is 11.6. The fourth-order valence-corrected chi connectivity index (χ4v) is 2.41. The highest BCUT2D eigenvalue weighted by molar-refractivity contribution is 5.79. The van der Waals surface area contributed by atoms with E-state index in [-0.39, 0.29) is 19.8 Å². The number of urea groups is 1. The molecule has 0 aromatic rings. The lowest BCUT2D eigenvalue weighted by Gasteiger charge is -2.28. The number of amides is 2. The molecule has 3 N–H and O–H groups in total. The minimum absolute atomic E-state index is 0.0149. The normalized spacial score (nSPS) is 34.0. The Kier molecular flexibility index (Phi) is 4.14. The summed E-state index contributed by atoms with van der Waals surface area (Å²) in [7, 11) is 0. The lowest BCUT2D eigenvalue weighted by Crippen LogP contribution is -2.47. The third-order valence-electron chi connectivity index (χ3n) is 3.43. The van der Waals surface area contributed by atoms with Gasteiger partial charge in [-0.1, -0.05) is 0 Å². The summed E-state index contributed by atoms with van der Waals surface area (Å²) in [6.45, 7) is 1.20. The van der Waals surface area contributed by atoms with Gasteiger partial charge in [0.2, 0.25) is 0 Å². The third kappa shape index (κ3) is 3.13. The Morgan fingerprint density at radius 3 is 2.86 bits per heavy atom. The molecule has 0 aliphatic carbocycles. The molecule has 0 radical (unpaired) electrons. The number of carbonyl (C=O) groups excluding carboxylic acids is 2. The Labute approximate surface area is 118 Å². The van der Waals surface area contributed by atoms with Crippen molar-refractivity contribution in [3.63, 3.8) is 0 Å². The van der Waals surface area contributed by atoms with E-state index >= 15 is 0 Å². The maximum Gasteiger partial charge on any atom is 0.325 e. The highest BCUT2D eigenvalue weighted by Crippen LogP contribution is 2.40. The van der Waals surface area contributed by atoms with Crippen LogP contribution in [0.5, 0.6) is 0 Å². The highest BCUT2D eigenvalue weighted by atomic mass is 17.0. The minimum atomic E-state index is -1.04. The van der Waals surface area contributed by atoms with Crippen molar-refractivity contribution in [1.82, 2.24) is 5.32 Å². The van der Waals surface area contributed by atoms with Gasteiger partial charge in [-0.3, -0.25) is 4.79 Å². The molecule has 0 aromatic heterocycles. The maximum absolute atomic E-state index is 11.6. The summed E-state index contributed by atoms with van der Waals surface area (Å²) < 4.78 is 16.0. The first-order valence-electron chi connectivity index (χ1n) is 6.12. The molecule has 2 amide bonds. The SMILES string of the molecule is C[C@]12OC[C@@H](O[N+](=O)[O-])[C@H]1OC[C@@H]2OC(=O)CNC(N)=O. The van der Waals surface area contributed by atoms with Crippen molar-refractivity contribution in [2.24, 2.45) is 5.73 Å². The van der Waals surface area contributed by atoms with Gasteiger partial charge in [-0.05, 0) is 6.92 Å². The number of ether oxygens (including phenoxy) is 3. The number of carbonyl (C=O) groups is 2. The van der Waals surface area contributed by atoms with E-state index in [4.69, 9.17) is 19.9 Å². The minimum Gasteiger partial charge on any atom is -0.455 e. The molecule has 2 aliphatic rings. The number of esters is 1. The van der Waals surface area contributed by atoms with Crippen LogP contribution in [0.4, 0.5) is 4.79 Å². The quantitative estimate of drug-likeness (QED) is 0.347. The van der Waals surface area contributed by atoms with Crippen molar-refractivity contribution in [2.75, 3.05) is 19.8 Å². The van der Waals surface area contributed by atoms with E-state index in [2.05, 4.69) is 10.2 Å². The first-order chi connectivity index (χ1) is 9.83. The van der Waals surface area contributed by atoms with Crippen molar-refractivity contribution in [1.29, 1.82) is 0 Å². The Bertz CT molecular complexity index is 458. The van der Waals surface area contributed by atoms with Gasteiger partial charge >= 0.3 is 12.0 Å². The monoisotopic (exact) mass is 305 g/mol. The summed E-state index contributed by atoms with van der Waals surface area (Å²) in [4.78, 5) is 36.9. The lowest BCUT2D eigenvalue weighted by molar-refractivity contribution is -0.769. The van der Waals surface area contributed by atoms with E-state index in [1.54, 1.807) is 6.92 Å². The van der Waals surface area contributed by atoms with Gasteiger partial charge in [0.05, 0.1) is 13.2 Å². The second kappa shape index (κ2) is 5.69. The molecule has 0 unspecified atom stereocenters. The smallest absolute Gasteiger partial charge is 0.325 e. The predicted molar refractivity (Wildman–Crippen MR) is 63.4 cm³/mol. The molecular weight excluding hydrogens is 290 g/mol. The lowest BCUT2D eigenvalue weighted by atomic mass is 9.94. The van der Waals surface area contributed by atoms with Crippen LogP contribution in [0.2, 0.25) is 0 Å². The van der Waals surface area contributed by atoms with Crippen LogP contribution >= 0.6 is 0 Å². The molecule has 21 heavy (non-hydrogen) atoms. The van der Waals surface area contributed by atoms with Crippen molar-refractivity contribution in [2.45, 2.75) is 30.8 Å². The maximum atomic E-state index is 11.6. The standard InChI is InChI=1S/C10H15N3O8/c1-10-6(20-7(14)2-12-9(11)15)4-18-8(10)5(3-19-10)21-13(16)17/h5-6,8H,2-4H2,1H3,(H3,11,12,15)/t5-,6+,8-,10-/m1/s1. The highest BCUT2D eigenvalue weighted by Gasteiger charge is 2.60. The zero-order chi connectivity index (χ0) is 15.6. The van der Waals surface area contributed by atoms with E-state index in [9.17, 15) is 19.7 Å². The van der Waals surface area contributed by atoms with Gasteiger partial charge in [0, 0.05) is 0 Å². The van der Waals surface area contributed by atoms with Crippen LogP contribution in [0.25, 0.3) is 0 Å². The molecule has 11 nitrogen and oxygen atoms in total. The molecule has 4 atom stereocenters. The molecule has 0 aromatic carbocycles. The van der Waals surface area contributed by atoms with E-state index in [0.29, 0.717) is 0 Å². The van der Waals surface area contributed by atoms with Crippen LogP contribution in [0.15, 0.2) is 0 Å². The number of hydrogen-bond acceptors (Lipinski definition) is 8. The van der Waals surface area contributed by atoms with Gasteiger partial charge in [0.15, 0.2) is 12.2 Å². The van der Waals surface area contributed by atoms with Crippen molar-refractivity contribution in [3.05, 3.63) is 10.1 Å². The van der Waals surface area contributed by atoms with Gasteiger partial charge in [-0.15, -0.1) is 10.1 Å². The van der Waals surface area contributed by atoms with E-state index in [1.807, 2.05) is 0 Å². The van der Waals surface area contributed by atoms with Crippen LogP contribution in [-0.4, -0.2) is 60.8 Å². The average molecular weight is 305 g/mol. The molecule has 0 saturated carbocycles. The van der Waals surface area contributed by atoms with E-state index in [1.165, 1.54) is 0 Å². The topological polar surface area (TPSA) is 152 Å². The Balaban J connectivity index is 1.94. The fraction of sp³-hybridized carbons (Fsp3) is 0.800. The van der Waals surface area contributed by atoms with Gasteiger partial charge in [-0.25, -0.2) is 4.79 Å². The largest absolute Gasteiger partial charge is 0.455 e. The molecule has 118 valence electrons. The zero-order valence-corrected chi connectivity index (χ0v) is 11.1. The molecule has 11 heteroatoms. The van der Waals surface area contributed by atoms with Crippen molar-refractivity contribution >= 4 is 12.0 Å². The van der Waals surface area contributed by atoms with Crippen molar-refractivity contribution < 1.29 is 33.7 Å². The molecule has 2 rings (SSSR count). The predicted octanol–water partition coefficient (Wildman–Crippen LogP) is -1.67. The third-order valence-corrected chi connectivity index (χ3v) is 3.43. The molecule has 2 saturated heterocycles. The zero-order valence-electron chi connectivity index (χ0n) is 11.1. The van der Waals surface area contributed by atoms with Gasteiger partial charge in [0.25, 0.3) is 5.09 Å². The Morgan fingerprint density at radius 1 is 1.52 bits per heavy atom. The summed E-state index contributed by atoms with van der Waals surface area (Å²) >= 11 is 0. The second-order valence-corrected chi connectivity index (χ2v) is 4.81. The number of nitrogens with zero attached hydrogens (tertiary/aromatic N) is 1. The average Bonchev–Trinajstić information content (AvgIpc) is 2.85. The van der Waals surface area contributed by atoms with E-state index < -0.39 is 41.0 Å². The number of fused-ring (bicyclic) bond motifs is 1. The number of hydrogen-bond donors (Lipinski definition) is 2. The molecule has 2 aliphatic heterocycles. The van der Waals surface area contributed by atoms with Crippen LogP contribution in [0, 0.1) is 10.1 Å². The summed E-state index contributed by atoms with van der Waals surface area (Å²) in [5.41, 5.74) is 3.80. The van der Waals surface area contributed by atoms with Crippen LogP contribution in [-0.2, 0) is 23.8 Å². The Morgan fingerprint density at radius 2 is 2.24 bits per heavy atom. The molecule has 2 fully saturated rings. The Hall–Kier alpha value is -2.14.